The van der Waals surface area contributed by atoms with Crippen molar-refractivity contribution < 1.29 is 14.6 Å². The average molecular weight is 344 g/mol. The number of nitrogens with zero attached hydrogens (tertiary/aromatic N) is 2. The highest BCUT2D eigenvalue weighted by Gasteiger charge is 2.50. The van der Waals surface area contributed by atoms with Crippen molar-refractivity contribution in [2.45, 2.75) is 44.6 Å². The van der Waals surface area contributed by atoms with E-state index in [1.165, 1.54) is 12.8 Å². The van der Waals surface area contributed by atoms with Gasteiger partial charge in [-0.25, -0.2) is 0 Å². The first-order valence-electron chi connectivity index (χ1n) is 9.63. The van der Waals surface area contributed by atoms with Crippen LogP contribution in [0.5, 0.6) is 5.75 Å². The van der Waals surface area contributed by atoms with Crippen molar-refractivity contribution in [3.05, 3.63) is 24.3 Å². The van der Waals surface area contributed by atoms with Crippen LogP contribution in [0.1, 0.15) is 38.5 Å². The Kier molecular flexibility index (Phi) is 4.59. The molecule has 136 valence electrons. The minimum Gasteiger partial charge on any atom is -0.506 e. The zero-order valence-electron chi connectivity index (χ0n) is 14.8. The Labute approximate surface area is 149 Å². The summed E-state index contributed by atoms with van der Waals surface area (Å²) in [4.78, 5) is 16.9. The Morgan fingerprint density at radius 3 is 2.56 bits per heavy atom. The van der Waals surface area contributed by atoms with Gasteiger partial charge in [0.15, 0.2) is 0 Å². The number of anilines is 1. The van der Waals surface area contributed by atoms with Crippen molar-refractivity contribution in [3.63, 3.8) is 0 Å². The first kappa shape index (κ1) is 16.7. The highest BCUT2D eigenvalue weighted by atomic mass is 16.6. The number of phenolic OH excluding ortho intramolecular Hbond substituents is 1. The maximum atomic E-state index is 12.2. The van der Waals surface area contributed by atoms with Gasteiger partial charge in [0, 0.05) is 39.1 Å². The Hall–Kier alpha value is -1.75. The molecule has 1 aromatic rings. The summed E-state index contributed by atoms with van der Waals surface area (Å²) in [5, 5.41) is 10.00. The van der Waals surface area contributed by atoms with Gasteiger partial charge in [-0.1, -0.05) is 25.0 Å². The zero-order valence-corrected chi connectivity index (χ0v) is 14.8. The maximum absolute atomic E-state index is 12.2. The number of hydrogen-bond donors (Lipinski definition) is 1. The lowest BCUT2D eigenvalue weighted by Crippen LogP contribution is -2.47. The maximum Gasteiger partial charge on any atom is 0.312 e. The molecule has 1 aromatic carbocycles. The van der Waals surface area contributed by atoms with Crippen LogP contribution in [0.2, 0.25) is 0 Å². The molecule has 0 amide bonds. The highest BCUT2D eigenvalue weighted by molar-refractivity contribution is 5.79. The molecule has 0 aromatic heterocycles. The number of esters is 1. The molecule has 1 unspecified atom stereocenters. The van der Waals surface area contributed by atoms with E-state index in [0.717, 1.165) is 64.1 Å². The lowest BCUT2D eigenvalue weighted by Gasteiger charge is -2.36. The van der Waals surface area contributed by atoms with Gasteiger partial charge >= 0.3 is 5.97 Å². The number of para-hydroxylation sites is 2. The topological polar surface area (TPSA) is 53.0 Å². The third kappa shape index (κ3) is 3.34. The van der Waals surface area contributed by atoms with Crippen LogP contribution in [-0.2, 0) is 9.53 Å². The van der Waals surface area contributed by atoms with Gasteiger partial charge < -0.3 is 14.7 Å². The summed E-state index contributed by atoms with van der Waals surface area (Å²) < 4.78 is 5.69. The molecule has 2 saturated heterocycles. The predicted molar refractivity (Wildman–Crippen MR) is 96.8 cm³/mol. The largest absolute Gasteiger partial charge is 0.506 e. The minimum atomic E-state index is -0.131. The summed E-state index contributed by atoms with van der Waals surface area (Å²) >= 11 is 0. The van der Waals surface area contributed by atoms with Gasteiger partial charge in [0.25, 0.3) is 0 Å². The van der Waals surface area contributed by atoms with Crippen molar-refractivity contribution >= 4 is 11.7 Å². The zero-order chi connectivity index (χ0) is 17.3. The summed E-state index contributed by atoms with van der Waals surface area (Å²) in [6.45, 7) is 4.81. The molecule has 0 radical (unpaired) electrons. The normalized spacial score (nSPS) is 26.3. The number of rotatable bonds is 4. The van der Waals surface area contributed by atoms with Gasteiger partial charge in [0.1, 0.15) is 11.9 Å². The van der Waals surface area contributed by atoms with Crippen LogP contribution in [-0.4, -0.2) is 54.8 Å². The second-order valence-corrected chi connectivity index (χ2v) is 7.82. The van der Waals surface area contributed by atoms with E-state index in [0.29, 0.717) is 5.75 Å². The standard InChI is InChI=1S/C20H28N2O3/c23-18-6-2-1-5-17(18)22-13-11-21(12-14-22)10-7-16-15-20(19(24)25-16)8-3-4-9-20/h1-2,5-6,16,23H,3-4,7-15H2. The Bertz CT molecular complexity index is 619. The fourth-order valence-electron chi connectivity index (χ4n) is 4.73. The number of phenols is 1. The van der Waals surface area contributed by atoms with E-state index >= 15 is 0 Å². The van der Waals surface area contributed by atoms with Crippen LogP contribution in [0.15, 0.2) is 24.3 Å². The van der Waals surface area contributed by atoms with E-state index in [1.807, 2.05) is 18.2 Å². The molecule has 25 heavy (non-hydrogen) atoms. The van der Waals surface area contributed by atoms with Crippen molar-refractivity contribution in [1.29, 1.82) is 0 Å². The number of hydrogen-bond acceptors (Lipinski definition) is 5. The molecule has 1 saturated carbocycles. The molecule has 1 N–H and O–H groups in total. The number of benzene rings is 1. The first-order chi connectivity index (χ1) is 12.2. The summed E-state index contributed by atoms with van der Waals surface area (Å²) in [6, 6.07) is 7.54. The van der Waals surface area contributed by atoms with Crippen LogP contribution >= 0.6 is 0 Å². The fraction of sp³-hybridized carbons (Fsp3) is 0.650. The number of carbonyl (C=O) groups excluding carboxylic acids is 1. The molecule has 1 spiro atoms. The third-order valence-electron chi connectivity index (χ3n) is 6.25. The number of ether oxygens (including phenoxy) is 1. The molecule has 5 nitrogen and oxygen atoms in total. The van der Waals surface area contributed by atoms with Gasteiger partial charge in [-0.15, -0.1) is 0 Å². The number of aromatic hydroxyl groups is 1. The van der Waals surface area contributed by atoms with E-state index in [1.54, 1.807) is 6.07 Å². The van der Waals surface area contributed by atoms with Gasteiger partial charge in [-0.2, -0.15) is 0 Å². The van der Waals surface area contributed by atoms with Crippen molar-refractivity contribution in [1.82, 2.24) is 4.90 Å². The highest BCUT2D eigenvalue weighted by Crippen LogP contribution is 2.48. The SMILES string of the molecule is O=C1OC(CCN2CCN(c3ccccc3O)CC2)CC12CCCC2. The van der Waals surface area contributed by atoms with E-state index in [4.69, 9.17) is 4.74 Å². The fourth-order valence-corrected chi connectivity index (χ4v) is 4.73. The Morgan fingerprint density at radius 1 is 1.12 bits per heavy atom. The van der Waals surface area contributed by atoms with Crippen LogP contribution in [0.3, 0.4) is 0 Å². The molecule has 5 heteroatoms. The molecule has 1 atom stereocenters. The third-order valence-corrected chi connectivity index (χ3v) is 6.25. The Balaban J connectivity index is 1.24. The number of carbonyl (C=O) groups is 1. The first-order valence-corrected chi connectivity index (χ1v) is 9.63. The van der Waals surface area contributed by atoms with E-state index in [-0.39, 0.29) is 17.5 Å². The summed E-state index contributed by atoms with van der Waals surface area (Å²) in [7, 11) is 0. The average Bonchev–Trinajstić information content (AvgIpc) is 3.22. The van der Waals surface area contributed by atoms with Crippen molar-refractivity contribution in [2.75, 3.05) is 37.6 Å². The van der Waals surface area contributed by atoms with Gasteiger partial charge in [-0.3, -0.25) is 9.69 Å². The van der Waals surface area contributed by atoms with Gasteiger partial charge in [0.2, 0.25) is 0 Å². The number of piperazine rings is 1. The Morgan fingerprint density at radius 2 is 1.84 bits per heavy atom. The number of cyclic esters (lactones) is 1. The van der Waals surface area contributed by atoms with Crippen LogP contribution < -0.4 is 4.90 Å². The smallest absolute Gasteiger partial charge is 0.312 e. The molecule has 2 heterocycles. The minimum absolute atomic E-state index is 0.0689. The molecule has 0 bridgehead atoms. The lowest BCUT2D eigenvalue weighted by molar-refractivity contribution is -0.148. The lowest BCUT2D eigenvalue weighted by atomic mass is 9.83. The monoisotopic (exact) mass is 344 g/mol. The predicted octanol–water partition coefficient (Wildman–Crippen LogP) is 2.78. The molecule has 3 aliphatic rings. The summed E-state index contributed by atoms with van der Waals surface area (Å²) in [5.74, 6) is 0.426. The van der Waals surface area contributed by atoms with Crippen LogP contribution in [0.25, 0.3) is 0 Å². The molecular formula is C20H28N2O3. The van der Waals surface area contributed by atoms with Gasteiger partial charge in [-0.05, 0) is 31.4 Å². The van der Waals surface area contributed by atoms with E-state index in [9.17, 15) is 9.90 Å². The molecule has 4 rings (SSSR count). The second-order valence-electron chi connectivity index (χ2n) is 7.82. The van der Waals surface area contributed by atoms with E-state index in [2.05, 4.69) is 9.80 Å². The van der Waals surface area contributed by atoms with Gasteiger partial charge in [0.05, 0.1) is 11.1 Å². The summed E-state index contributed by atoms with van der Waals surface area (Å²) in [6.07, 6.45) is 6.41. The van der Waals surface area contributed by atoms with Crippen molar-refractivity contribution in [2.24, 2.45) is 5.41 Å². The van der Waals surface area contributed by atoms with Crippen molar-refractivity contribution in [3.8, 4) is 5.75 Å². The molecule has 2 aliphatic heterocycles. The van der Waals surface area contributed by atoms with Crippen LogP contribution in [0, 0.1) is 5.41 Å². The van der Waals surface area contributed by atoms with Crippen LogP contribution in [0.4, 0.5) is 5.69 Å². The molecule has 3 fully saturated rings. The summed E-state index contributed by atoms with van der Waals surface area (Å²) in [5.41, 5.74) is 0.795. The molecule has 1 aliphatic carbocycles. The quantitative estimate of drug-likeness (QED) is 0.851. The molecular weight excluding hydrogens is 316 g/mol. The van der Waals surface area contributed by atoms with E-state index < -0.39 is 0 Å². The second kappa shape index (κ2) is 6.87.